The Labute approximate surface area is 110 Å². The van der Waals surface area contributed by atoms with E-state index in [2.05, 4.69) is 9.44 Å². The van der Waals surface area contributed by atoms with Crippen molar-refractivity contribution in [2.24, 2.45) is 5.73 Å². The number of hydrogen-bond acceptors (Lipinski definition) is 3. The van der Waals surface area contributed by atoms with Gasteiger partial charge in [0.15, 0.2) is 0 Å². The van der Waals surface area contributed by atoms with Crippen molar-refractivity contribution in [3.05, 3.63) is 0 Å². The molecule has 0 unspecified atom stereocenters. The summed E-state index contributed by atoms with van der Waals surface area (Å²) in [5.74, 6) is 0. The maximum absolute atomic E-state index is 11.9. The summed E-state index contributed by atoms with van der Waals surface area (Å²) in [7, 11) is -3.63. The first-order chi connectivity index (χ1) is 7.48. The Balaban J connectivity index is 5.08. The molecule has 4 N–H and O–H groups in total. The van der Waals surface area contributed by atoms with Gasteiger partial charge in [0, 0.05) is 5.54 Å². The van der Waals surface area contributed by atoms with Crippen LogP contribution in [0.15, 0.2) is 0 Å². The SMILES string of the molecule is CCC(CC)(NS(=O)(=O)NC(C)(C)C)C(N)=S. The van der Waals surface area contributed by atoms with E-state index in [4.69, 9.17) is 18.0 Å². The molecule has 0 aliphatic heterocycles. The first-order valence-corrected chi connectivity index (χ1v) is 7.50. The number of thiocarbonyl (C=S) groups is 1. The summed E-state index contributed by atoms with van der Waals surface area (Å²) in [6, 6.07) is 0. The van der Waals surface area contributed by atoms with E-state index in [1.54, 1.807) is 20.8 Å². The van der Waals surface area contributed by atoms with Gasteiger partial charge in [-0.15, -0.1) is 0 Å². The lowest BCUT2D eigenvalue weighted by Crippen LogP contribution is -2.60. The van der Waals surface area contributed by atoms with Gasteiger partial charge in [0.05, 0.1) is 10.5 Å². The second-order valence-corrected chi connectivity index (χ2v) is 6.97. The first-order valence-electron chi connectivity index (χ1n) is 5.61. The standard InChI is InChI=1S/C10H23N3O2S2/c1-6-10(7-2,8(11)16)13-17(14,15)12-9(3,4)5/h12-13H,6-7H2,1-5H3,(H2,11,16). The van der Waals surface area contributed by atoms with Gasteiger partial charge in [-0.2, -0.15) is 17.9 Å². The number of rotatable bonds is 6. The van der Waals surface area contributed by atoms with Gasteiger partial charge in [0.2, 0.25) is 0 Å². The molecule has 0 aromatic carbocycles. The zero-order valence-corrected chi connectivity index (χ0v) is 12.8. The highest BCUT2D eigenvalue weighted by Crippen LogP contribution is 2.17. The van der Waals surface area contributed by atoms with E-state index in [1.165, 1.54) is 0 Å². The second kappa shape index (κ2) is 5.60. The predicted octanol–water partition coefficient (Wildman–Crippen LogP) is 1.05. The third-order valence-corrected chi connectivity index (χ3v) is 4.38. The lowest BCUT2D eigenvalue weighted by Gasteiger charge is -2.33. The van der Waals surface area contributed by atoms with E-state index in [9.17, 15) is 8.42 Å². The zero-order valence-electron chi connectivity index (χ0n) is 11.1. The van der Waals surface area contributed by atoms with Crippen molar-refractivity contribution in [3.63, 3.8) is 0 Å². The molecule has 0 fully saturated rings. The average Bonchev–Trinajstić information content (AvgIpc) is 2.09. The highest BCUT2D eigenvalue weighted by Gasteiger charge is 2.35. The molecule has 0 aliphatic carbocycles. The van der Waals surface area contributed by atoms with Gasteiger partial charge in [-0.3, -0.25) is 0 Å². The highest BCUT2D eigenvalue weighted by molar-refractivity contribution is 7.87. The van der Waals surface area contributed by atoms with E-state index >= 15 is 0 Å². The smallest absolute Gasteiger partial charge is 0.278 e. The molecule has 0 aromatic rings. The summed E-state index contributed by atoms with van der Waals surface area (Å²) < 4.78 is 29.0. The highest BCUT2D eigenvalue weighted by atomic mass is 32.2. The lowest BCUT2D eigenvalue weighted by atomic mass is 9.94. The summed E-state index contributed by atoms with van der Waals surface area (Å²) >= 11 is 4.96. The van der Waals surface area contributed by atoms with Gasteiger partial charge in [-0.1, -0.05) is 26.1 Å². The fraction of sp³-hybridized carbons (Fsp3) is 0.900. The van der Waals surface area contributed by atoms with E-state index < -0.39 is 21.3 Å². The maximum Gasteiger partial charge on any atom is 0.278 e. The van der Waals surface area contributed by atoms with Gasteiger partial charge in [0.1, 0.15) is 0 Å². The van der Waals surface area contributed by atoms with Crippen molar-refractivity contribution in [1.82, 2.24) is 9.44 Å². The van der Waals surface area contributed by atoms with Crippen molar-refractivity contribution in [1.29, 1.82) is 0 Å². The quantitative estimate of drug-likeness (QED) is 0.636. The minimum Gasteiger partial charge on any atom is -0.392 e. The molecule has 7 heteroatoms. The third-order valence-electron chi connectivity index (χ3n) is 2.45. The van der Waals surface area contributed by atoms with Gasteiger partial charge in [-0.25, -0.2) is 0 Å². The Bertz CT molecular complexity index is 368. The summed E-state index contributed by atoms with van der Waals surface area (Å²) in [6.07, 6.45) is 1.04. The van der Waals surface area contributed by atoms with Crippen molar-refractivity contribution in [2.75, 3.05) is 0 Å². The largest absolute Gasteiger partial charge is 0.392 e. The molecule has 0 spiro atoms. The van der Waals surface area contributed by atoms with Gasteiger partial charge in [0.25, 0.3) is 10.2 Å². The van der Waals surface area contributed by atoms with Crippen molar-refractivity contribution < 1.29 is 8.42 Å². The molecule has 0 rings (SSSR count). The van der Waals surface area contributed by atoms with E-state index in [-0.39, 0.29) is 4.99 Å². The van der Waals surface area contributed by atoms with Crippen molar-refractivity contribution >= 4 is 27.4 Å². The van der Waals surface area contributed by atoms with Crippen LogP contribution in [0, 0.1) is 0 Å². The monoisotopic (exact) mass is 281 g/mol. The van der Waals surface area contributed by atoms with Crippen molar-refractivity contribution in [3.8, 4) is 0 Å². The first kappa shape index (κ1) is 16.8. The zero-order chi connectivity index (χ0) is 13.9. The van der Waals surface area contributed by atoms with Crippen LogP contribution in [0.25, 0.3) is 0 Å². The molecule has 0 amide bonds. The van der Waals surface area contributed by atoms with E-state index in [0.717, 1.165) is 0 Å². The summed E-state index contributed by atoms with van der Waals surface area (Å²) in [5, 5.41) is 0. The molecule has 0 saturated heterocycles. The molecule has 0 aliphatic rings. The van der Waals surface area contributed by atoms with Gasteiger partial charge >= 0.3 is 0 Å². The van der Waals surface area contributed by atoms with Crippen molar-refractivity contribution in [2.45, 2.75) is 58.5 Å². The molecule has 102 valence electrons. The van der Waals surface area contributed by atoms with E-state index in [1.807, 2.05) is 13.8 Å². The molecular formula is C10H23N3O2S2. The number of nitrogens with one attached hydrogen (secondary N) is 2. The Kier molecular flexibility index (Phi) is 5.52. The van der Waals surface area contributed by atoms with Crippen LogP contribution < -0.4 is 15.2 Å². The fourth-order valence-electron chi connectivity index (χ4n) is 1.48. The predicted molar refractivity (Wildman–Crippen MR) is 75.0 cm³/mol. The molecule has 0 heterocycles. The number of nitrogens with two attached hydrogens (primary N) is 1. The Morgan fingerprint density at radius 2 is 1.59 bits per heavy atom. The minimum absolute atomic E-state index is 0.168. The molecule has 5 nitrogen and oxygen atoms in total. The van der Waals surface area contributed by atoms with Crippen LogP contribution in [-0.4, -0.2) is 24.5 Å². The second-order valence-electron chi connectivity index (χ2n) is 5.11. The third kappa shape index (κ3) is 5.29. The van der Waals surface area contributed by atoms with Gasteiger partial charge in [-0.05, 0) is 33.6 Å². The summed E-state index contributed by atoms with van der Waals surface area (Å²) in [4.78, 5) is 0.168. The summed E-state index contributed by atoms with van der Waals surface area (Å²) in [5.41, 5.74) is 4.24. The van der Waals surface area contributed by atoms with E-state index in [0.29, 0.717) is 12.8 Å². The van der Waals surface area contributed by atoms with Crippen LogP contribution in [0.4, 0.5) is 0 Å². The Hall–Kier alpha value is -0.240. The van der Waals surface area contributed by atoms with Crippen LogP contribution in [0.2, 0.25) is 0 Å². The fourth-order valence-corrected chi connectivity index (χ4v) is 3.65. The molecule has 0 aromatic heterocycles. The average molecular weight is 281 g/mol. The number of hydrogen-bond donors (Lipinski definition) is 3. The molecular weight excluding hydrogens is 258 g/mol. The molecule has 17 heavy (non-hydrogen) atoms. The Morgan fingerprint density at radius 3 is 1.82 bits per heavy atom. The van der Waals surface area contributed by atoms with Crippen LogP contribution in [0.1, 0.15) is 47.5 Å². The lowest BCUT2D eigenvalue weighted by molar-refractivity contribution is 0.438. The molecule has 0 atom stereocenters. The minimum atomic E-state index is -3.63. The molecule has 0 saturated carbocycles. The molecule has 0 bridgehead atoms. The molecule has 0 radical (unpaired) electrons. The summed E-state index contributed by atoms with van der Waals surface area (Å²) in [6.45, 7) is 9.01. The topological polar surface area (TPSA) is 84.2 Å². The Morgan fingerprint density at radius 1 is 1.18 bits per heavy atom. The van der Waals surface area contributed by atoms with Crippen LogP contribution in [0.5, 0.6) is 0 Å². The van der Waals surface area contributed by atoms with Crippen LogP contribution >= 0.6 is 12.2 Å². The maximum atomic E-state index is 11.9. The van der Waals surface area contributed by atoms with Crippen LogP contribution in [-0.2, 0) is 10.2 Å². The normalized spacial score (nSPS) is 13.7. The van der Waals surface area contributed by atoms with Gasteiger partial charge < -0.3 is 5.73 Å². The van der Waals surface area contributed by atoms with Crippen LogP contribution in [0.3, 0.4) is 0 Å².